The Morgan fingerprint density at radius 1 is 1.08 bits per heavy atom. The first kappa shape index (κ1) is 25.9. The van der Waals surface area contributed by atoms with Crippen molar-refractivity contribution in [3.05, 3.63) is 106 Å². The van der Waals surface area contributed by atoms with E-state index in [4.69, 9.17) is 11.6 Å². The fourth-order valence-electron chi connectivity index (χ4n) is 5.29. The molecule has 38 heavy (non-hydrogen) atoms. The van der Waals surface area contributed by atoms with E-state index in [0.717, 1.165) is 11.6 Å². The Hall–Kier alpha value is -3.71. The number of amides is 1. The van der Waals surface area contributed by atoms with E-state index in [2.05, 4.69) is 10.6 Å². The smallest absolute Gasteiger partial charge is 0.239 e. The molecule has 0 fully saturated rings. The first-order valence-electron chi connectivity index (χ1n) is 12.5. The van der Waals surface area contributed by atoms with E-state index in [1.165, 1.54) is 12.1 Å². The maximum atomic E-state index is 15.4. The molecule has 0 spiro atoms. The lowest BCUT2D eigenvalue weighted by Gasteiger charge is -2.38. The quantitative estimate of drug-likeness (QED) is 0.389. The highest BCUT2D eigenvalue weighted by Gasteiger charge is 2.42. The molecule has 0 saturated carbocycles. The highest BCUT2D eigenvalue weighted by Crippen LogP contribution is 2.48. The average Bonchev–Trinajstić information content (AvgIpc) is 2.97. The molecule has 5 nitrogen and oxygen atoms in total. The van der Waals surface area contributed by atoms with Crippen molar-refractivity contribution in [2.45, 2.75) is 39.3 Å². The van der Waals surface area contributed by atoms with E-state index in [1.807, 2.05) is 50.2 Å². The maximum Gasteiger partial charge on any atom is 0.239 e. The van der Waals surface area contributed by atoms with Gasteiger partial charge in [0.15, 0.2) is 5.78 Å². The average molecular weight is 536 g/mol. The van der Waals surface area contributed by atoms with Crippen LogP contribution in [0.5, 0.6) is 0 Å². The lowest BCUT2D eigenvalue weighted by atomic mass is 9.73. The number of hydrogen-bond donors (Lipinski definition) is 2. The maximum absolute atomic E-state index is 15.4. The Kier molecular flexibility index (Phi) is 6.97. The van der Waals surface area contributed by atoms with E-state index < -0.39 is 17.7 Å². The first-order valence-corrected chi connectivity index (χ1v) is 12.8. The number of carbonyl (C=O) groups excluding carboxylic acids is 2. The summed E-state index contributed by atoms with van der Waals surface area (Å²) >= 11 is 5.96. The van der Waals surface area contributed by atoms with Gasteiger partial charge in [0.1, 0.15) is 11.6 Å². The van der Waals surface area contributed by atoms with Crippen LogP contribution in [0.3, 0.4) is 0 Å². The second-order valence-corrected chi connectivity index (χ2v) is 11.0. The first-order chi connectivity index (χ1) is 18.1. The number of nitrogens with one attached hydrogen (secondary N) is 2. The number of halogens is 3. The molecule has 196 valence electrons. The molecule has 1 unspecified atom stereocenters. The molecule has 2 aliphatic rings. The van der Waals surface area contributed by atoms with E-state index in [-0.39, 0.29) is 42.2 Å². The highest BCUT2D eigenvalue weighted by molar-refractivity contribution is 6.30. The minimum Gasteiger partial charge on any atom is -0.357 e. The SMILES string of the molecule is CC1(C)CC(=O)C2=C(C1)Nc1ccccc1N(CC(=O)NCc1ccc(Cl)cc1)C2c1ccc(F)cc1F. The second kappa shape index (κ2) is 10.2. The molecule has 5 rings (SSSR count). The number of allylic oxidation sites excluding steroid dienone is 1. The van der Waals surface area contributed by atoms with Gasteiger partial charge in [-0.1, -0.05) is 55.8 Å². The van der Waals surface area contributed by atoms with Gasteiger partial charge in [-0.2, -0.15) is 0 Å². The molecule has 2 N–H and O–H groups in total. The van der Waals surface area contributed by atoms with Crippen LogP contribution in [0.1, 0.15) is 43.9 Å². The zero-order valence-corrected chi connectivity index (χ0v) is 21.9. The van der Waals surface area contributed by atoms with Crippen LogP contribution in [0, 0.1) is 17.0 Å². The number of fused-ring (bicyclic) bond motifs is 1. The van der Waals surface area contributed by atoms with E-state index in [1.54, 1.807) is 17.0 Å². The van der Waals surface area contributed by atoms with Gasteiger partial charge < -0.3 is 15.5 Å². The summed E-state index contributed by atoms with van der Waals surface area (Å²) in [4.78, 5) is 28.7. The fraction of sp³-hybridized carbons (Fsp3) is 0.267. The Morgan fingerprint density at radius 2 is 1.82 bits per heavy atom. The largest absolute Gasteiger partial charge is 0.357 e. The molecule has 0 radical (unpaired) electrons. The molecule has 1 atom stereocenters. The van der Waals surface area contributed by atoms with Crippen LogP contribution < -0.4 is 15.5 Å². The van der Waals surface area contributed by atoms with Gasteiger partial charge in [-0.05, 0) is 47.7 Å². The van der Waals surface area contributed by atoms with E-state index in [0.29, 0.717) is 34.1 Å². The van der Waals surface area contributed by atoms with Crippen LogP contribution in [0.15, 0.2) is 78.0 Å². The number of anilines is 2. The zero-order chi connectivity index (χ0) is 27.0. The molecule has 1 amide bonds. The highest BCUT2D eigenvalue weighted by atomic mass is 35.5. The number of carbonyl (C=O) groups is 2. The van der Waals surface area contributed by atoms with Crippen molar-refractivity contribution >= 4 is 34.7 Å². The molecule has 0 saturated heterocycles. The Labute approximate surface area is 225 Å². The van der Waals surface area contributed by atoms with Gasteiger partial charge >= 0.3 is 0 Å². The number of Topliss-reactive ketones (excluding diaryl/α,β-unsaturated/α-hetero) is 1. The number of rotatable bonds is 5. The lowest BCUT2D eigenvalue weighted by Crippen LogP contribution is -2.42. The standard InChI is InChI=1S/C30H28ClF2N3O2/c1-30(2)14-24-28(26(37)15-30)29(21-12-11-20(32)13-22(21)33)36(25-6-4-3-5-23(25)35-24)17-27(38)34-16-18-7-9-19(31)10-8-18/h3-13,29,35H,14-17H2,1-2H3,(H,34,38). The van der Waals surface area contributed by atoms with Crippen molar-refractivity contribution in [2.24, 2.45) is 5.41 Å². The number of para-hydroxylation sites is 2. The monoisotopic (exact) mass is 535 g/mol. The number of hydrogen-bond acceptors (Lipinski definition) is 4. The van der Waals surface area contributed by atoms with Crippen LogP contribution in [0.2, 0.25) is 5.02 Å². The molecule has 1 aliphatic carbocycles. The topological polar surface area (TPSA) is 61.4 Å². The summed E-state index contributed by atoms with van der Waals surface area (Å²) in [6.07, 6.45) is 0.845. The summed E-state index contributed by atoms with van der Waals surface area (Å²) in [5.74, 6) is -1.92. The molecule has 8 heteroatoms. The number of nitrogens with zero attached hydrogens (tertiary/aromatic N) is 1. The molecular weight excluding hydrogens is 508 g/mol. The molecule has 1 heterocycles. The van der Waals surface area contributed by atoms with Crippen molar-refractivity contribution < 1.29 is 18.4 Å². The molecule has 3 aromatic carbocycles. The van der Waals surface area contributed by atoms with Crippen LogP contribution in [0.25, 0.3) is 0 Å². The zero-order valence-electron chi connectivity index (χ0n) is 21.2. The molecule has 3 aromatic rings. The molecule has 1 aliphatic heterocycles. The summed E-state index contributed by atoms with van der Waals surface area (Å²) in [6.45, 7) is 4.16. The van der Waals surface area contributed by atoms with Gasteiger partial charge in [-0.15, -0.1) is 0 Å². The summed E-state index contributed by atoms with van der Waals surface area (Å²) in [5, 5.41) is 6.93. The van der Waals surface area contributed by atoms with Gasteiger partial charge in [0, 0.05) is 40.9 Å². The predicted octanol–water partition coefficient (Wildman–Crippen LogP) is 6.55. The van der Waals surface area contributed by atoms with Crippen molar-refractivity contribution in [3.63, 3.8) is 0 Å². The Bertz CT molecular complexity index is 1440. The Morgan fingerprint density at radius 3 is 2.55 bits per heavy atom. The summed E-state index contributed by atoms with van der Waals surface area (Å²) < 4.78 is 29.3. The van der Waals surface area contributed by atoms with Crippen molar-refractivity contribution in [1.29, 1.82) is 0 Å². The molecule has 0 aromatic heterocycles. The van der Waals surface area contributed by atoms with Crippen LogP contribution in [-0.4, -0.2) is 18.2 Å². The summed E-state index contributed by atoms with van der Waals surface area (Å²) in [7, 11) is 0. The minimum absolute atomic E-state index is 0.128. The number of benzene rings is 3. The lowest BCUT2D eigenvalue weighted by molar-refractivity contribution is -0.121. The van der Waals surface area contributed by atoms with Crippen molar-refractivity contribution in [3.8, 4) is 0 Å². The normalized spacial score (nSPS) is 18.3. The van der Waals surface area contributed by atoms with Gasteiger partial charge in [-0.25, -0.2) is 8.78 Å². The van der Waals surface area contributed by atoms with Gasteiger partial charge in [-0.3, -0.25) is 9.59 Å². The van der Waals surface area contributed by atoms with Crippen molar-refractivity contribution in [2.75, 3.05) is 16.8 Å². The van der Waals surface area contributed by atoms with Crippen molar-refractivity contribution in [1.82, 2.24) is 5.32 Å². The van der Waals surface area contributed by atoms with Crippen LogP contribution in [0.4, 0.5) is 20.2 Å². The third-order valence-electron chi connectivity index (χ3n) is 6.98. The van der Waals surface area contributed by atoms with Crippen LogP contribution in [-0.2, 0) is 16.1 Å². The predicted molar refractivity (Wildman–Crippen MR) is 145 cm³/mol. The third kappa shape index (κ3) is 5.29. The van der Waals surface area contributed by atoms with E-state index >= 15 is 4.39 Å². The van der Waals surface area contributed by atoms with Crippen LogP contribution >= 0.6 is 11.6 Å². The Balaban J connectivity index is 1.59. The minimum atomic E-state index is -0.924. The summed E-state index contributed by atoms with van der Waals surface area (Å²) in [6, 6.07) is 17.0. The van der Waals surface area contributed by atoms with Gasteiger partial charge in [0.25, 0.3) is 0 Å². The number of ketones is 1. The summed E-state index contributed by atoms with van der Waals surface area (Å²) in [5.41, 5.74) is 3.15. The fourth-order valence-corrected chi connectivity index (χ4v) is 5.41. The van der Waals surface area contributed by atoms with Gasteiger partial charge in [0.05, 0.1) is 24.0 Å². The van der Waals surface area contributed by atoms with E-state index in [9.17, 15) is 14.0 Å². The molecule has 0 bridgehead atoms. The second-order valence-electron chi connectivity index (χ2n) is 10.6. The third-order valence-corrected chi connectivity index (χ3v) is 7.23. The van der Waals surface area contributed by atoms with Gasteiger partial charge in [0.2, 0.25) is 5.91 Å². The molecular formula is C30H28ClF2N3O2.